The smallest absolute Gasteiger partial charge is 0.119 e. The van der Waals surface area contributed by atoms with Crippen molar-refractivity contribution in [2.45, 2.75) is 52.4 Å². The van der Waals surface area contributed by atoms with Gasteiger partial charge in [-0.2, -0.15) is 0 Å². The van der Waals surface area contributed by atoms with E-state index in [1.807, 2.05) is 12.1 Å². The van der Waals surface area contributed by atoms with Crippen molar-refractivity contribution >= 4 is 0 Å². The molecule has 84 valence electrons. The lowest BCUT2D eigenvalue weighted by molar-refractivity contribution is 0.461. The van der Waals surface area contributed by atoms with Crippen LogP contribution in [0.15, 0.2) is 18.2 Å². The van der Waals surface area contributed by atoms with E-state index < -0.39 is 0 Å². The minimum atomic E-state index is 0.439. The van der Waals surface area contributed by atoms with Crippen molar-refractivity contribution in [1.82, 2.24) is 0 Å². The van der Waals surface area contributed by atoms with Crippen molar-refractivity contribution in [2.24, 2.45) is 0 Å². The second-order valence-electron chi connectivity index (χ2n) is 4.44. The summed E-state index contributed by atoms with van der Waals surface area (Å²) in [7, 11) is 0. The standard InChI is InChI=1S/C14H22O/c1-5-10(3)12-7-8-14(15)13(9-12)11(4)6-2/h7-11,15H,5-6H2,1-4H3/t10-,11+/m0/s1. The SMILES string of the molecule is CC[C@@H](C)c1cc([C@@H](C)CC)ccc1O. The highest BCUT2D eigenvalue weighted by Gasteiger charge is 2.11. The number of hydrogen-bond acceptors (Lipinski definition) is 1. The van der Waals surface area contributed by atoms with Crippen molar-refractivity contribution in [3.8, 4) is 5.75 Å². The maximum Gasteiger partial charge on any atom is 0.119 e. The molecule has 1 nitrogen and oxygen atoms in total. The zero-order chi connectivity index (χ0) is 11.4. The average Bonchev–Trinajstić information content (AvgIpc) is 2.27. The van der Waals surface area contributed by atoms with Crippen LogP contribution in [-0.4, -0.2) is 5.11 Å². The number of phenolic OH excluding ortho intramolecular Hbond substituents is 1. The Morgan fingerprint density at radius 3 is 2.20 bits per heavy atom. The molecule has 0 aliphatic carbocycles. The molecule has 0 saturated carbocycles. The minimum Gasteiger partial charge on any atom is -0.508 e. The Labute approximate surface area is 93.1 Å². The highest BCUT2D eigenvalue weighted by molar-refractivity contribution is 5.39. The van der Waals surface area contributed by atoms with Gasteiger partial charge in [-0.15, -0.1) is 0 Å². The van der Waals surface area contributed by atoms with Crippen LogP contribution in [-0.2, 0) is 0 Å². The summed E-state index contributed by atoms with van der Waals surface area (Å²) in [6.45, 7) is 8.74. The maximum absolute atomic E-state index is 9.79. The van der Waals surface area contributed by atoms with Crippen LogP contribution in [0.5, 0.6) is 5.75 Å². The predicted octanol–water partition coefficient (Wildman–Crippen LogP) is 4.42. The number of hydrogen-bond donors (Lipinski definition) is 1. The van der Waals surface area contributed by atoms with Crippen molar-refractivity contribution in [3.05, 3.63) is 29.3 Å². The Hall–Kier alpha value is -0.980. The first kappa shape index (κ1) is 12.1. The largest absolute Gasteiger partial charge is 0.508 e. The molecule has 0 aliphatic rings. The van der Waals surface area contributed by atoms with Crippen molar-refractivity contribution in [3.63, 3.8) is 0 Å². The topological polar surface area (TPSA) is 20.2 Å². The molecule has 0 radical (unpaired) electrons. The fourth-order valence-corrected chi connectivity index (χ4v) is 1.73. The van der Waals surface area contributed by atoms with Crippen LogP contribution in [0.3, 0.4) is 0 Å². The molecule has 0 saturated heterocycles. The molecule has 15 heavy (non-hydrogen) atoms. The van der Waals surface area contributed by atoms with Gasteiger partial charge in [0.1, 0.15) is 5.75 Å². The molecule has 0 amide bonds. The Balaban J connectivity index is 3.05. The van der Waals surface area contributed by atoms with E-state index in [-0.39, 0.29) is 0 Å². The molecular weight excluding hydrogens is 184 g/mol. The van der Waals surface area contributed by atoms with Crippen LogP contribution in [0, 0.1) is 0 Å². The second-order valence-corrected chi connectivity index (χ2v) is 4.44. The van der Waals surface area contributed by atoms with Gasteiger partial charge in [-0.3, -0.25) is 0 Å². The van der Waals surface area contributed by atoms with Gasteiger partial charge in [0.2, 0.25) is 0 Å². The van der Waals surface area contributed by atoms with Crippen LogP contribution in [0.2, 0.25) is 0 Å². The third kappa shape index (κ3) is 2.74. The molecule has 1 N–H and O–H groups in total. The quantitative estimate of drug-likeness (QED) is 0.773. The molecule has 0 bridgehead atoms. The Bertz CT molecular complexity index is 317. The molecule has 0 unspecified atom stereocenters. The molecule has 0 heterocycles. The fraction of sp³-hybridized carbons (Fsp3) is 0.571. The van der Waals surface area contributed by atoms with Gasteiger partial charge >= 0.3 is 0 Å². The number of benzene rings is 1. The van der Waals surface area contributed by atoms with Crippen molar-refractivity contribution in [2.75, 3.05) is 0 Å². The molecule has 1 rings (SSSR count). The van der Waals surface area contributed by atoms with Gasteiger partial charge in [-0.1, -0.05) is 39.8 Å². The first-order chi connectivity index (χ1) is 7.10. The summed E-state index contributed by atoms with van der Waals surface area (Å²) in [6.07, 6.45) is 2.21. The minimum absolute atomic E-state index is 0.439. The summed E-state index contributed by atoms with van der Waals surface area (Å²) >= 11 is 0. The highest BCUT2D eigenvalue weighted by atomic mass is 16.3. The second kappa shape index (κ2) is 5.20. The molecule has 1 aromatic rings. The van der Waals surface area contributed by atoms with Crippen LogP contribution in [0.4, 0.5) is 0 Å². The van der Waals surface area contributed by atoms with Crippen molar-refractivity contribution in [1.29, 1.82) is 0 Å². The highest BCUT2D eigenvalue weighted by Crippen LogP contribution is 2.31. The zero-order valence-electron chi connectivity index (χ0n) is 10.2. The lowest BCUT2D eigenvalue weighted by Gasteiger charge is -2.15. The molecule has 0 aliphatic heterocycles. The molecule has 1 aromatic carbocycles. The van der Waals surface area contributed by atoms with E-state index in [1.54, 1.807) is 0 Å². The molecule has 0 aromatic heterocycles. The van der Waals surface area contributed by atoms with E-state index in [1.165, 1.54) is 5.56 Å². The van der Waals surface area contributed by atoms with E-state index in [9.17, 15) is 5.11 Å². The van der Waals surface area contributed by atoms with Crippen molar-refractivity contribution < 1.29 is 5.11 Å². The summed E-state index contributed by atoms with van der Waals surface area (Å²) in [5.74, 6) is 1.46. The lowest BCUT2D eigenvalue weighted by Crippen LogP contribution is -1.97. The summed E-state index contributed by atoms with van der Waals surface area (Å²) in [4.78, 5) is 0. The third-order valence-corrected chi connectivity index (χ3v) is 3.38. The molecule has 0 spiro atoms. The van der Waals surface area contributed by atoms with Crippen LogP contribution >= 0.6 is 0 Å². The third-order valence-electron chi connectivity index (χ3n) is 3.38. The first-order valence-corrected chi connectivity index (χ1v) is 5.92. The van der Waals surface area contributed by atoms with Gasteiger partial charge in [0.25, 0.3) is 0 Å². The normalized spacial score (nSPS) is 14.9. The van der Waals surface area contributed by atoms with Gasteiger partial charge in [0.15, 0.2) is 0 Å². The van der Waals surface area contributed by atoms with Gasteiger partial charge in [-0.05, 0) is 41.9 Å². The first-order valence-electron chi connectivity index (χ1n) is 5.92. The Morgan fingerprint density at radius 2 is 1.67 bits per heavy atom. The number of aromatic hydroxyl groups is 1. The summed E-state index contributed by atoms with van der Waals surface area (Å²) < 4.78 is 0. The van der Waals surface area contributed by atoms with Crippen LogP contribution < -0.4 is 0 Å². The lowest BCUT2D eigenvalue weighted by atomic mass is 9.91. The molecule has 0 fully saturated rings. The Kier molecular flexibility index (Phi) is 4.19. The zero-order valence-corrected chi connectivity index (χ0v) is 10.2. The number of rotatable bonds is 4. The summed E-state index contributed by atoms with van der Waals surface area (Å²) in [5.41, 5.74) is 2.43. The van der Waals surface area contributed by atoms with Gasteiger partial charge in [0.05, 0.1) is 0 Å². The fourth-order valence-electron chi connectivity index (χ4n) is 1.73. The van der Waals surface area contributed by atoms with Crippen LogP contribution in [0.25, 0.3) is 0 Å². The van der Waals surface area contributed by atoms with Gasteiger partial charge in [-0.25, -0.2) is 0 Å². The molecular formula is C14H22O. The van der Waals surface area contributed by atoms with E-state index in [4.69, 9.17) is 0 Å². The van der Waals surface area contributed by atoms with E-state index in [2.05, 4.69) is 33.8 Å². The summed E-state index contributed by atoms with van der Waals surface area (Å²) in [5, 5.41) is 9.79. The van der Waals surface area contributed by atoms with Gasteiger partial charge in [0, 0.05) is 0 Å². The van der Waals surface area contributed by atoms with Gasteiger partial charge < -0.3 is 5.11 Å². The monoisotopic (exact) mass is 206 g/mol. The van der Waals surface area contributed by atoms with E-state index >= 15 is 0 Å². The van der Waals surface area contributed by atoms with Crippen LogP contribution in [0.1, 0.15) is 63.5 Å². The molecule has 1 heteroatoms. The molecule has 2 atom stereocenters. The van der Waals surface area contributed by atoms with E-state index in [0.29, 0.717) is 17.6 Å². The average molecular weight is 206 g/mol. The maximum atomic E-state index is 9.79. The summed E-state index contributed by atoms with van der Waals surface area (Å²) in [6, 6.07) is 6.04. The van der Waals surface area contributed by atoms with E-state index in [0.717, 1.165) is 18.4 Å². The predicted molar refractivity (Wildman–Crippen MR) is 65.5 cm³/mol. The Morgan fingerprint density at radius 1 is 1.07 bits per heavy atom. The number of phenols is 1.